The van der Waals surface area contributed by atoms with Gasteiger partial charge in [0.2, 0.25) is 0 Å². The van der Waals surface area contributed by atoms with Crippen molar-refractivity contribution in [3.63, 3.8) is 0 Å². The highest BCUT2D eigenvalue weighted by Gasteiger charge is 2.32. The minimum Gasteiger partial charge on any atom is -0.392 e. The van der Waals surface area contributed by atoms with Gasteiger partial charge in [0.05, 0.1) is 6.10 Å². The van der Waals surface area contributed by atoms with E-state index in [0.717, 1.165) is 32.6 Å². The van der Waals surface area contributed by atoms with Crippen molar-refractivity contribution in [1.82, 2.24) is 10.2 Å². The largest absolute Gasteiger partial charge is 0.392 e. The normalized spacial score (nSPS) is 23.1. The Morgan fingerprint density at radius 1 is 1.35 bits per heavy atom. The molecule has 3 nitrogen and oxygen atoms in total. The van der Waals surface area contributed by atoms with E-state index in [1.165, 1.54) is 5.56 Å². The van der Waals surface area contributed by atoms with Crippen LogP contribution in [-0.2, 0) is 5.41 Å². The minimum absolute atomic E-state index is 0.0790. The highest BCUT2D eigenvalue weighted by atomic mass is 16.3. The number of likely N-dealkylation sites (tertiary alicyclic amines) is 1. The van der Waals surface area contributed by atoms with Gasteiger partial charge in [0.25, 0.3) is 0 Å². The van der Waals surface area contributed by atoms with Crippen LogP contribution in [0.3, 0.4) is 0 Å². The van der Waals surface area contributed by atoms with E-state index in [9.17, 15) is 5.11 Å². The smallest absolute Gasteiger partial charge is 0.0679 e. The molecule has 0 saturated carbocycles. The Hall–Kier alpha value is -0.900. The van der Waals surface area contributed by atoms with E-state index in [1.807, 2.05) is 0 Å². The highest BCUT2D eigenvalue weighted by molar-refractivity contribution is 5.26. The van der Waals surface area contributed by atoms with Gasteiger partial charge >= 0.3 is 0 Å². The van der Waals surface area contributed by atoms with E-state index < -0.39 is 0 Å². The molecule has 0 spiro atoms. The molecule has 1 fully saturated rings. The summed E-state index contributed by atoms with van der Waals surface area (Å²) in [6.45, 7) is 10.5. The van der Waals surface area contributed by atoms with Gasteiger partial charge in [-0.1, -0.05) is 51.1 Å². The lowest BCUT2D eigenvalue weighted by Crippen LogP contribution is -2.46. The second kappa shape index (κ2) is 6.70. The summed E-state index contributed by atoms with van der Waals surface area (Å²) in [5.41, 5.74) is 1.45. The molecule has 1 heterocycles. The molecular weight excluding hydrogens is 248 g/mol. The van der Waals surface area contributed by atoms with Crippen molar-refractivity contribution in [3.05, 3.63) is 35.9 Å². The minimum atomic E-state index is -0.145. The standard InChI is InChI=1S/C17H28N2O/c1-14(2)18-12-17(3,15-7-5-4-6-8-15)13-19-10-9-16(20)11-19/h4-8,14,16,18,20H,9-13H2,1-3H3. The van der Waals surface area contributed by atoms with Crippen molar-refractivity contribution in [2.45, 2.75) is 44.8 Å². The molecule has 0 aromatic heterocycles. The number of nitrogens with one attached hydrogen (secondary N) is 1. The van der Waals surface area contributed by atoms with Crippen LogP contribution in [0.15, 0.2) is 30.3 Å². The topological polar surface area (TPSA) is 35.5 Å². The molecule has 20 heavy (non-hydrogen) atoms. The molecule has 0 bridgehead atoms. The summed E-state index contributed by atoms with van der Waals surface area (Å²) in [4.78, 5) is 2.39. The molecule has 2 atom stereocenters. The fraction of sp³-hybridized carbons (Fsp3) is 0.647. The van der Waals surface area contributed by atoms with E-state index in [2.05, 4.69) is 61.3 Å². The lowest BCUT2D eigenvalue weighted by Gasteiger charge is -2.35. The zero-order valence-corrected chi connectivity index (χ0v) is 13.0. The molecule has 1 aromatic carbocycles. The van der Waals surface area contributed by atoms with Crippen molar-refractivity contribution < 1.29 is 5.11 Å². The highest BCUT2D eigenvalue weighted by Crippen LogP contribution is 2.26. The first-order valence-electron chi connectivity index (χ1n) is 7.69. The van der Waals surface area contributed by atoms with Crippen LogP contribution in [0.4, 0.5) is 0 Å². The van der Waals surface area contributed by atoms with Gasteiger partial charge in [-0.05, 0) is 12.0 Å². The van der Waals surface area contributed by atoms with Crippen molar-refractivity contribution >= 4 is 0 Å². The third-order valence-corrected chi connectivity index (χ3v) is 4.19. The second-order valence-corrected chi connectivity index (χ2v) is 6.64. The SMILES string of the molecule is CC(C)NCC(C)(CN1CCC(O)C1)c1ccccc1. The van der Waals surface area contributed by atoms with Gasteiger partial charge in [-0.2, -0.15) is 0 Å². The van der Waals surface area contributed by atoms with Gasteiger partial charge in [-0.3, -0.25) is 4.90 Å². The van der Waals surface area contributed by atoms with Crippen molar-refractivity contribution in [3.8, 4) is 0 Å². The van der Waals surface area contributed by atoms with Crippen LogP contribution in [0.25, 0.3) is 0 Å². The number of aliphatic hydroxyl groups is 1. The van der Waals surface area contributed by atoms with Crippen LogP contribution in [-0.4, -0.2) is 48.3 Å². The van der Waals surface area contributed by atoms with Crippen molar-refractivity contribution in [2.24, 2.45) is 0 Å². The third-order valence-electron chi connectivity index (χ3n) is 4.19. The van der Waals surface area contributed by atoms with Crippen LogP contribution < -0.4 is 5.32 Å². The molecule has 1 aliphatic heterocycles. The predicted molar refractivity (Wildman–Crippen MR) is 84.0 cm³/mol. The monoisotopic (exact) mass is 276 g/mol. The van der Waals surface area contributed by atoms with Gasteiger partial charge in [0.1, 0.15) is 0 Å². The summed E-state index contributed by atoms with van der Waals surface area (Å²) in [5, 5.41) is 13.3. The van der Waals surface area contributed by atoms with Crippen molar-refractivity contribution in [2.75, 3.05) is 26.2 Å². The molecule has 2 rings (SSSR count). The molecule has 0 aliphatic carbocycles. The number of hydrogen-bond donors (Lipinski definition) is 2. The molecule has 1 saturated heterocycles. The van der Waals surface area contributed by atoms with Gasteiger partial charge < -0.3 is 10.4 Å². The lowest BCUT2D eigenvalue weighted by molar-refractivity contribution is 0.165. The second-order valence-electron chi connectivity index (χ2n) is 6.64. The average Bonchev–Trinajstić information content (AvgIpc) is 2.83. The molecule has 112 valence electrons. The number of nitrogens with zero attached hydrogens (tertiary/aromatic N) is 1. The maximum atomic E-state index is 9.73. The zero-order chi connectivity index (χ0) is 14.6. The van der Waals surface area contributed by atoms with Gasteiger partial charge in [-0.25, -0.2) is 0 Å². The maximum absolute atomic E-state index is 9.73. The van der Waals surface area contributed by atoms with Gasteiger partial charge in [0.15, 0.2) is 0 Å². The molecule has 1 aromatic rings. The third kappa shape index (κ3) is 4.05. The Kier molecular flexibility index (Phi) is 5.19. The zero-order valence-electron chi connectivity index (χ0n) is 13.0. The summed E-state index contributed by atoms with van der Waals surface area (Å²) < 4.78 is 0. The molecule has 1 aliphatic rings. The molecule has 0 radical (unpaired) electrons. The molecule has 2 unspecified atom stereocenters. The molecule has 0 amide bonds. The van der Waals surface area contributed by atoms with Gasteiger partial charge in [0, 0.05) is 37.6 Å². The summed E-state index contributed by atoms with van der Waals surface area (Å²) in [6, 6.07) is 11.2. The first kappa shape index (κ1) is 15.5. The van der Waals surface area contributed by atoms with Crippen LogP contribution >= 0.6 is 0 Å². The Morgan fingerprint density at radius 3 is 2.60 bits per heavy atom. The van der Waals surface area contributed by atoms with E-state index in [0.29, 0.717) is 6.04 Å². The Labute approximate surface area is 123 Å². The van der Waals surface area contributed by atoms with Crippen LogP contribution in [0.1, 0.15) is 32.8 Å². The maximum Gasteiger partial charge on any atom is 0.0679 e. The quantitative estimate of drug-likeness (QED) is 0.834. The Morgan fingerprint density at radius 2 is 2.05 bits per heavy atom. The van der Waals surface area contributed by atoms with Crippen LogP contribution in [0.5, 0.6) is 0 Å². The van der Waals surface area contributed by atoms with Crippen molar-refractivity contribution in [1.29, 1.82) is 0 Å². The van der Waals surface area contributed by atoms with Crippen LogP contribution in [0, 0.1) is 0 Å². The number of hydrogen-bond acceptors (Lipinski definition) is 3. The number of rotatable bonds is 6. The predicted octanol–water partition coefficient (Wildman–Crippen LogP) is 2.01. The van der Waals surface area contributed by atoms with Crippen LogP contribution in [0.2, 0.25) is 0 Å². The first-order chi connectivity index (χ1) is 9.49. The fourth-order valence-electron chi connectivity index (χ4n) is 2.97. The molecular formula is C17H28N2O. The average molecular weight is 276 g/mol. The summed E-state index contributed by atoms with van der Waals surface area (Å²) in [6.07, 6.45) is 0.760. The van der Waals surface area contributed by atoms with E-state index in [4.69, 9.17) is 0 Å². The van der Waals surface area contributed by atoms with Gasteiger partial charge in [-0.15, -0.1) is 0 Å². The molecule has 3 heteroatoms. The van der Waals surface area contributed by atoms with E-state index in [1.54, 1.807) is 0 Å². The Bertz CT molecular complexity index is 407. The summed E-state index contributed by atoms with van der Waals surface area (Å²) >= 11 is 0. The van der Waals surface area contributed by atoms with E-state index >= 15 is 0 Å². The first-order valence-corrected chi connectivity index (χ1v) is 7.69. The summed E-state index contributed by atoms with van der Waals surface area (Å²) in [5.74, 6) is 0. The molecule has 2 N–H and O–H groups in total. The fourth-order valence-corrected chi connectivity index (χ4v) is 2.97. The Balaban J connectivity index is 2.11. The lowest BCUT2D eigenvalue weighted by atomic mass is 9.81. The number of β-amino-alcohol motifs (C(OH)–C–C–N with tert-alkyl or cyclic N) is 1. The van der Waals surface area contributed by atoms with E-state index in [-0.39, 0.29) is 11.5 Å². The number of benzene rings is 1. The number of aliphatic hydroxyl groups excluding tert-OH is 1. The summed E-state index contributed by atoms with van der Waals surface area (Å²) in [7, 11) is 0.